The van der Waals surface area contributed by atoms with Crippen LogP contribution in [0.25, 0.3) is 10.2 Å². The highest BCUT2D eigenvalue weighted by Crippen LogP contribution is 2.30. The van der Waals surface area contributed by atoms with E-state index in [9.17, 15) is 4.79 Å². The molecule has 0 spiro atoms. The van der Waals surface area contributed by atoms with Crippen molar-refractivity contribution in [3.05, 3.63) is 11.4 Å². The van der Waals surface area contributed by atoms with Crippen molar-refractivity contribution >= 4 is 39.2 Å². The molecule has 2 heterocycles. The molecule has 1 atom stereocenters. The minimum Gasteiger partial charge on any atom is -0.368 e. The van der Waals surface area contributed by atoms with Crippen LogP contribution >= 0.6 is 11.3 Å². The minimum atomic E-state index is -0.278. The third-order valence-corrected chi connectivity index (χ3v) is 4.46. The second kappa shape index (κ2) is 6.91. The molecule has 0 saturated heterocycles. The third-order valence-electron chi connectivity index (χ3n) is 3.55. The normalized spacial score (nSPS) is 13.8. The van der Waals surface area contributed by atoms with Gasteiger partial charge >= 0.3 is 0 Å². The molecular weight excluding hydrogens is 298 g/mol. The molecule has 0 radical (unpaired) electrons. The van der Waals surface area contributed by atoms with E-state index in [2.05, 4.69) is 34.4 Å². The summed E-state index contributed by atoms with van der Waals surface area (Å²) in [5.74, 6) is 0.959. The van der Waals surface area contributed by atoms with Crippen molar-refractivity contribution < 1.29 is 4.79 Å². The van der Waals surface area contributed by atoms with Crippen LogP contribution in [0.4, 0.5) is 11.8 Å². The van der Waals surface area contributed by atoms with E-state index in [4.69, 9.17) is 5.73 Å². The number of carbonyl (C=O) groups excluding carboxylic acids is 1. The average molecular weight is 321 g/mol. The lowest BCUT2D eigenvalue weighted by atomic mass is 9.94. The molecule has 22 heavy (non-hydrogen) atoms. The summed E-state index contributed by atoms with van der Waals surface area (Å²) in [6.07, 6.45) is 3.09. The monoisotopic (exact) mass is 321 g/mol. The van der Waals surface area contributed by atoms with E-state index in [1.54, 1.807) is 11.3 Å². The van der Waals surface area contributed by atoms with Crippen LogP contribution in [-0.2, 0) is 4.79 Å². The number of nitrogens with two attached hydrogens (primary N) is 1. The zero-order chi connectivity index (χ0) is 16.2. The number of aromatic nitrogens is 2. The van der Waals surface area contributed by atoms with Crippen molar-refractivity contribution in [1.29, 1.82) is 0 Å². The highest BCUT2D eigenvalue weighted by atomic mass is 32.1. The van der Waals surface area contributed by atoms with Crippen molar-refractivity contribution in [2.24, 2.45) is 0 Å². The van der Waals surface area contributed by atoms with Crippen LogP contribution in [0.2, 0.25) is 0 Å². The summed E-state index contributed by atoms with van der Waals surface area (Å²) in [6.45, 7) is 6.31. The fraction of sp³-hybridized carbons (Fsp3) is 0.533. The second-order valence-corrected chi connectivity index (χ2v) is 6.68. The highest BCUT2D eigenvalue weighted by Gasteiger charge is 2.25. The van der Waals surface area contributed by atoms with Gasteiger partial charge in [0.25, 0.3) is 0 Å². The Morgan fingerprint density at radius 1 is 1.45 bits per heavy atom. The molecule has 7 heteroatoms. The van der Waals surface area contributed by atoms with Gasteiger partial charge in [-0.15, -0.1) is 11.3 Å². The van der Waals surface area contributed by atoms with Gasteiger partial charge in [-0.3, -0.25) is 4.79 Å². The Balaban J connectivity index is 2.27. The SMILES string of the molecule is CCCC[C@](C)(CNC(C)=O)Nc1nc(N)nc2ccsc12. The maximum atomic E-state index is 11.3. The summed E-state index contributed by atoms with van der Waals surface area (Å²) in [4.78, 5) is 19.8. The first-order valence-electron chi connectivity index (χ1n) is 7.47. The number of hydrogen-bond acceptors (Lipinski definition) is 6. The maximum Gasteiger partial charge on any atom is 0.222 e. The van der Waals surface area contributed by atoms with Crippen LogP contribution < -0.4 is 16.4 Å². The fourth-order valence-electron chi connectivity index (χ4n) is 2.33. The summed E-state index contributed by atoms with van der Waals surface area (Å²) in [5.41, 5.74) is 6.36. The predicted octanol–water partition coefficient (Wildman–Crippen LogP) is 2.77. The van der Waals surface area contributed by atoms with E-state index in [1.165, 1.54) is 6.92 Å². The number of amides is 1. The fourth-order valence-corrected chi connectivity index (χ4v) is 3.11. The average Bonchev–Trinajstić information content (AvgIpc) is 2.91. The molecule has 2 aromatic rings. The lowest BCUT2D eigenvalue weighted by Gasteiger charge is -2.32. The van der Waals surface area contributed by atoms with Gasteiger partial charge in [0.05, 0.1) is 15.8 Å². The van der Waals surface area contributed by atoms with Crippen LogP contribution in [0, 0.1) is 0 Å². The third kappa shape index (κ3) is 4.07. The Labute approximate surface area is 134 Å². The number of anilines is 2. The molecular formula is C15H23N5OS. The van der Waals surface area contributed by atoms with Crippen LogP contribution in [0.1, 0.15) is 40.0 Å². The topological polar surface area (TPSA) is 92.9 Å². The van der Waals surface area contributed by atoms with E-state index in [-0.39, 0.29) is 17.4 Å². The number of unbranched alkanes of at least 4 members (excludes halogenated alkanes) is 1. The van der Waals surface area contributed by atoms with E-state index in [1.807, 2.05) is 11.4 Å². The summed E-state index contributed by atoms with van der Waals surface area (Å²) < 4.78 is 0.986. The van der Waals surface area contributed by atoms with Crippen molar-refractivity contribution in [2.45, 2.75) is 45.6 Å². The molecule has 0 unspecified atom stereocenters. The molecule has 0 fully saturated rings. The molecule has 2 aromatic heterocycles. The van der Waals surface area contributed by atoms with E-state index < -0.39 is 0 Å². The number of fused-ring (bicyclic) bond motifs is 1. The van der Waals surface area contributed by atoms with Gasteiger partial charge in [-0.05, 0) is 24.8 Å². The standard InChI is InChI=1S/C15H23N5OS/c1-4-5-7-15(3,9-17-10(2)21)20-13-12-11(6-8-22-12)18-14(16)19-13/h6,8H,4-5,7,9H2,1-3H3,(H,17,21)(H3,16,18,19,20)/t15-/m1/s1. The lowest BCUT2D eigenvalue weighted by molar-refractivity contribution is -0.119. The van der Waals surface area contributed by atoms with E-state index >= 15 is 0 Å². The zero-order valence-electron chi connectivity index (χ0n) is 13.3. The van der Waals surface area contributed by atoms with Gasteiger partial charge in [0.2, 0.25) is 11.9 Å². The first-order valence-corrected chi connectivity index (χ1v) is 8.35. The number of nitrogens with one attached hydrogen (secondary N) is 2. The van der Waals surface area contributed by atoms with E-state index in [0.717, 1.165) is 35.3 Å². The van der Waals surface area contributed by atoms with E-state index in [0.29, 0.717) is 6.54 Å². The molecule has 6 nitrogen and oxygen atoms in total. The Morgan fingerprint density at radius 2 is 2.23 bits per heavy atom. The summed E-state index contributed by atoms with van der Waals surface area (Å²) in [7, 11) is 0. The number of nitrogen functional groups attached to an aromatic ring is 1. The van der Waals surface area contributed by atoms with Crippen LogP contribution in [0.3, 0.4) is 0 Å². The van der Waals surface area contributed by atoms with Crippen molar-refractivity contribution in [2.75, 3.05) is 17.6 Å². The lowest BCUT2D eigenvalue weighted by Crippen LogP contribution is -2.46. The minimum absolute atomic E-state index is 0.0343. The predicted molar refractivity (Wildman–Crippen MR) is 92.1 cm³/mol. The summed E-state index contributed by atoms with van der Waals surface area (Å²) in [6, 6.07) is 1.93. The zero-order valence-corrected chi connectivity index (χ0v) is 14.1. The highest BCUT2D eigenvalue weighted by molar-refractivity contribution is 7.17. The Kier molecular flexibility index (Phi) is 5.18. The number of thiophene rings is 1. The Morgan fingerprint density at radius 3 is 2.91 bits per heavy atom. The van der Waals surface area contributed by atoms with Gasteiger partial charge in [-0.25, -0.2) is 4.98 Å². The van der Waals surface area contributed by atoms with Gasteiger partial charge in [0.1, 0.15) is 5.82 Å². The molecule has 0 bridgehead atoms. The summed E-state index contributed by atoms with van der Waals surface area (Å²) in [5, 5.41) is 8.35. The van der Waals surface area contributed by atoms with Gasteiger partial charge in [0, 0.05) is 13.5 Å². The smallest absolute Gasteiger partial charge is 0.222 e. The first kappa shape index (κ1) is 16.5. The van der Waals surface area contributed by atoms with Crippen molar-refractivity contribution in [1.82, 2.24) is 15.3 Å². The van der Waals surface area contributed by atoms with Gasteiger partial charge in [0.15, 0.2) is 0 Å². The molecule has 4 N–H and O–H groups in total. The number of carbonyl (C=O) groups is 1. The van der Waals surface area contributed by atoms with Gasteiger partial charge in [-0.1, -0.05) is 19.8 Å². The number of rotatable bonds is 7. The van der Waals surface area contributed by atoms with Crippen LogP contribution in [0.5, 0.6) is 0 Å². The number of hydrogen-bond donors (Lipinski definition) is 3. The first-order chi connectivity index (χ1) is 10.4. The largest absolute Gasteiger partial charge is 0.368 e. The van der Waals surface area contributed by atoms with Gasteiger partial charge in [-0.2, -0.15) is 4.98 Å². The molecule has 0 aliphatic carbocycles. The molecule has 2 rings (SSSR count). The van der Waals surface area contributed by atoms with Crippen LogP contribution in [-0.4, -0.2) is 28.0 Å². The van der Waals surface area contributed by atoms with Crippen LogP contribution in [0.15, 0.2) is 11.4 Å². The Hall–Kier alpha value is -1.89. The summed E-state index contributed by atoms with van der Waals surface area (Å²) >= 11 is 1.58. The second-order valence-electron chi connectivity index (χ2n) is 5.76. The molecule has 1 amide bonds. The van der Waals surface area contributed by atoms with Crippen molar-refractivity contribution in [3.63, 3.8) is 0 Å². The molecule has 0 aliphatic heterocycles. The molecule has 0 aliphatic rings. The molecule has 0 saturated carbocycles. The quantitative estimate of drug-likeness (QED) is 0.729. The van der Waals surface area contributed by atoms with Crippen molar-refractivity contribution in [3.8, 4) is 0 Å². The Bertz CT molecular complexity index is 656. The number of nitrogens with zero attached hydrogens (tertiary/aromatic N) is 2. The van der Waals surface area contributed by atoms with Gasteiger partial charge < -0.3 is 16.4 Å². The molecule has 0 aromatic carbocycles. The molecule has 120 valence electrons. The maximum absolute atomic E-state index is 11.3.